The first-order chi connectivity index (χ1) is 16.8. The Morgan fingerprint density at radius 3 is 2.43 bits per heavy atom. The zero-order valence-electron chi connectivity index (χ0n) is 21.0. The molecule has 0 bridgehead atoms. The van der Waals surface area contributed by atoms with E-state index in [1.165, 1.54) is 37.7 Å². The molecule has 0 atom stereocenters. The van der Waals surface area contributed by atoms with Gasteiger partial charge in [-0.25, -0.2) is 4.79 Å². The Bertz CT molecular complexity index is 926. The number of carboxylic acids is 1. The number of hydrogen-bond acceptors (Lipinski definition) is 5. The Kier molecular flexibility index (Phi) is 9.69. The lowest BCUT2D eigenvalue weighted by Gasteiger charge is -2.43. The molecule has 2 fully saturated rings. The largest absolute Gasteiger partial charge is 0.479 e. The lowest BCUT2D eigenvalue weighted by Crippen LogP contribution is -2.65. The molecule has 1 amide bonds. The standard InChI is InChI=1S/C28H39N3O4/c1-3-4-8-25(24-9-6-5-7-10-24)15-16-29(2)17-18-31(22-32)26-13-11-23(12-14-26)19-30-20-28(35,21-30)27(33)34/h3-4,8,11-16,22,24,35H,5-7,9-10,17-21H2,1-2H3,(H,33,34)/b4-3-,16-15+,25-8+. The van der Waals surface area contributed by atoms with Crippen LogP contribution in [-0.4, -0.2) is 71.2 Å². The molecule has 7 nitrogen and oxygen atoms in total. The quantitative estimate of drug-likeness (QED) is 0.349. The normalized spacial score (nSPS) is 19.1. The molecule has 0 radical (unpaired) electrons. The number of carbonyl (C=O) groups is 2. The number of likely N-dealkylation sites (tertiary alicyclic amines) is 1. The van der Waals surface area contributed by atoms with Crippen LogP contribution in [0.1, 0.15) is 44.6 Å². The van der Waals surface area contributed by atoms with Gasteiger partial charge in [-0.2, -0.15) is 0 Å². The summed E-state index contributed by atoms with van der Waals surface area (Å²) in [6, 6.07) is 7.69. The maximum Gasteiger partial charge on any atom is 0.338 e. The number of amides is 1. The number of benzene rings is 1. The molecule has 1 aromatic rings. The average Bonchev–Trinajstić information content (AvgIpc) is 2.84. The van der Waals surface area contributed by atoms with Crippen LogP contribution in [0.3, 0.4) is 0 Å². The SMILES string of the molecule is C\C=C/C=C(\C=C\N(C)CCN(C=O)c1ccc(CN2CC(O)(C(=O)O)C2)cc1)C1CCCCC1. The first-order valence-electron chi connectivity index (χ1n) is 12.5. The highest BCUT2D eigenvalue weighted by Crippen LogP contribution is 2.30. The number of nitrogens with zero attached hydrogens (tertiary/aromatic N) is 3. The van der Waals surface area contributed by atoms with Crippen molar-refractivity contribution in [1.29, 1.82) is 0 Å². The van der Waals surface area contributed by atoms with Gasteiger partial charge in [-0.05, 0) is 61.2 Å². The van der Waals surface area contributed by atoms with Crippen LogP contribution in [0.5, 0.6) is 0 Å². The molecule has 1 saturated carbocycles. The van der Waals surface area contributed by atoms with Gasteiger partial charge in [-0.1, -0.05) is 49.6 Å². The van der Waals surface area contributed by atoms with Gasteiger partial charge in [0.1, 0.15) is 0 Å². The van der Waals surface area contributed by atoms with Crippen molar-refractivity contribution in [3.8, 4) is 0 Å². The third-order valence-electron chi connectivity index (χ3n) is 6.94. The summed E-state index contributed by atoms with van der Waals surface area (Å²) in [6.07, 6.45) is 18.0. The number of likely N-dealkylation sites (N-methyl/N-ethyl adjacent to an activating group) is 1. The number of β-amino-alcohol motifs (C(OH)–C–C–N with tert-alkyl or cyclic N) is 1. The molecule has 0 spiro atoms. The molecule has 2 aliphatic rings. The van der Waals surface area contributed by atoms with Gasteiger partial charge < -0.3 is 20.0 Å². The predicted molar refractivity (Wildman–Crippen MR) is 139 cm³/mol. The zero-order valence-corrected chi connectivity index (χ0v) is 21.0. The van der Waals surface area contributed by atoms with E-state index in [2.05, 4.69) is 35.4 Å². The Balaban J connectivity index is 1.50. The average molecular weight is 482 g/mol. The summed E-state index contributed by atoms with van der Waals surface area (Å²) in [6.45, 7) is 4.12. The molecule has 0 unspecified atom stereocenters. The van der Waals surface area contributed by atoms with E-state index in [4.69, 9.17) is 5.11 Å². The second kappa shape index (κ2) is 12.7. The maximum atomic E-state index is 11.7. The lowest BCUT2D eigenvalue weighted by molar-refractivity contribution is -0.178. The van der Waals surface area contributed by atoms with Gasteiger partial charge >= 0.3 is 5.97 Å². The van der Waals surface area contributed by atoms with Crippen molar-refractivity contribution in [3.63, 3.8) is 0 Å². The molecule has 1 heterocycles. The summed E-state index contributed by atoms with van der Waals surface area (Å²) in [5.41, 5.74) is 1.58. The third kappa shape index (κ3) is 7.54. The Morgan fingerprint density at radius 2 is 1.83 bits per heavy atom. The van der Waals surface area contributed by atoms with Gasteiger partial charge in [0.2, 0.25) is 6.41 Å². The fourth-order valence-corrected chi connectivity index (χ4v) is 4.76. The predicted octanol–water partition coefficient (Wildman–Crippen LogP) is 3.81. The van der Waals surface area contributed by atoms with Crippen LogP contribution in [0.15, 0.2) is 60.3 Å². The second-order valence-corrected chi connectivity index (χ2v) is 9.77. The van der Waals surface area contributed by atoms with Crippen LogP contribution in [-0.2, 0) is 16.1 Å². The van der Waals surface area contributed by atoms with Crippen molar-refractivity contribution in [2.24, 2.45) is 5.92 Å². The number of carbonyl (C=O) groups excluding carboxylic acids is 1. The lowest BCUT2D eigenvalue weighted by atomic mass is 9.83. The first-order valence-corrected chi connectivity index (χ1v) is 12.5. The van der Waals surface area contributed by atoms with Crippen LogP contribution < -0.4 is 4.90 Å². The fraction of sp³-hybridized carbons (Fsp3) is 0.500. The molecule has 3 rings (SSSR count). The minimum absolute atomic E-state index is 0.122. The number of hydrogen-bond donors (Lipinski definition) is 2. The van der Waals surface area contributed by atoms with Crippen LogP contribution in [0.25, 0.3) is 0 Å². The first kappa shape index (κ1) is 26.7. The highest BCUT2D eigenvalue weighted by atomic mass is 16.4. The molecule has 190 valence electrons. The van der Waals surface area contributed by atoms with Crippen molar-refractivity contribution in [2.75, 3.05) is 38.1 Å². The smallest absolute Gasteiger partial charge is 0.338 e. The molecule has 1 aliphatic heterocycles. The molecule has 7 heteroatoms. The van der Waals surface area contributed by atoms with Crippen LogP contribution in [0, 0.1) is 5.92 Å². The number of allylic oxidation sites excluding steroid dienone is 5. The van der Waals surface area contributed by atoms with E-state index in [9.17, 15) is 14.7 Å². The molecule has 2 N–H and O–H groups in total. The summed E-state index contributed by atoms with van der Waals surface area (Å²) in [7, 11) is 2.03. The summed E-state index contributed by atoms with van der Waals surface area (Å²) in [5, 5.41) is 18.9. The van der Waals surface area contributed by atoms with Crippen LogP contribution in [0.2, 0.25) is 0 Å². The van der Waals surface area contributed by atoms with E-state index in [1.54, 1.807) is 4.90 Å². The van der Waals surface area contributed by atoms with Crippen molar-refractivity contribution < 1.29 is 19.8 Å². The fourth-order valence-electron chi connectivity index (χ4n) is 4.76. The maximum absolute atomic E-state index is 11.7. The van der Waals surface area contributed by atoms with E-state index < -0.39 is 11.6 Å². The van der Waals surface area contributed by atoms with Crippen molar-refractivity contribution in [3.05, 3.63) is 65.9 Å². The highest BCUT2D eigenvalue weighted by molar-refractivity contribution is 5.79. The summed E-state index contributed by atoms with van der Waals surface area (Å²) >= 11 is 0. The molecular formula is C28H39N3O4. The van der Waals surface area contributed by atoms with E-state index in [1.807, 2.05) is 43.1 Å². The van der Waals surface area contributed by atoms with Crippen molar-refractivity contribution in [2.45, 2.75) is 51.2 Å². The highest BCUT2D eigenvalue weighted by Gasteiger charge is 2.47. The Labute approximate surface area is 209 Å². The monoisotopic (exact) mass is 481 g/mol. The van der Waals surface area contributed by atoms with Crippen molar-refractivity contribution >= 4 is 18.1 Å². The summed E-state index contributed by atoms with van der Waals surface area (Å²) in [5.74, 6) is -0.548. The van der Waals surface area contributed by atoms with Gasteiger partial charge in [0.25, 0.3) is 0 Å². The van der Waals surface area contributed by atoms with E-state index in [0.717, 1.165) is 17.7 Å². The van der Waals surface area contributed by atoms with E-state index >= 15 is 0 Å². The van der Waals surface area contributed by atoms with Crippen molar-refractivity contribution in [1.82, 2.24) is 9.80 Å². The van der Waals surface area contributed by atoms with Crippen LogP contribution >= 0.6 is 0 Å². The minimum Gasteiger partial charge on any atom is -0.479 e. The second-order valence-electron chi connectivity index (χ2n) is 9.77. The Morgan fingerprint density at radius 1 is 1.14 bits per heavy atom. The summed E-state index contributed by atoms with van der Waals surface area (Å²) < 4.78 is 0. The van der Waals surface area contributed by atoms with E-state index in [0.29, 0.717) is 25.6 Å². The van der Waals surface area contributed by atoms with Gasteiger partial charge in [0, 0.05) is 45.5 Å². The zero-order chi connectivity index (χ0) is 25.3. The number of carboxylic acid groups (broad SMARTS) is 1. The number of aliphatic hydroxyl groups is 1. The van der Waals surface area contributed by atoms with Gasteiger partial charge in [0.05, 0.1) is 0 Å². The third-order valence-corrected chi connectivity index (χ3v) is 6.94. The summed E-state index contributed by atoms with van der Waals surface area (Å²) in [4.78, 5) is 28.5. The molecule has 35 heavy (non-hydrogen) atoms. The topological polar surface area (TPSA) is 84.3 Å². The number of rotatable bonds is 12. The van der Waals surface area contributed by atoms with Gasteiger partial charge in [-0.15, -0.1) is 0 Å². The van der Waals surface area contributed by atoms with Gasteiger partial charge in [-0.3, -0.25) is 9.69 Å². The van der Waals surface area contributed by atoms with Gasteiger partial charge in [0.15, 0.2) is 5.60 Å². The van der Waals surface area contributed by atoms with E-state index in [-0.39, 0.29) is 13.1 Å². The van der Waals surface area contributed by atoms with Crippen LogP contribution in [0.4, 0.5) is 5.69 Å². The minimum atomic E-state index is -1.63. The molecule has 1 saturated heterocycles. The number of aliphatic carboxylic acids is 1. The molecule has 1 aliphatic carbocycles. The molecule has 0 aromatic heterocycles. The Hall–Kier alpha value is -2.90. The number of anilines is 1. The molecule has 1 aromatic carbocycles. The molecular weight excluding hydrogens is 442 g/mol.